The van der Waals surface area contributed by atoms with E-state index in [-0.39, 0.29) is 11.8 Å². The van der Waals surface area contributed by atoms with Gasteiger partial charge in [0.05, 0.1) is 5.69 Å². The van der Waals surface area contributed by atoms with Crippen LogP contribution in [-0.4, -0.2) is 26.1 Å². The first-order valence-electron chi connectivity index (χ1n) is 7.05. The Balaban J connectivity index is 1.66. The van der Waals surface area contributed by atoms with Crippen LogP contribution < -0.4 is 5.32 Å². The third kappa shape index (κ3) is 2.45. The summed E-state index contributed by atoms with van der Waals surface area (Å²) in [5.74, 6) is 1.57. The molecule has 1 aliphatic rings. The van der Waals surface area contributed by atoms with E-state index in [1.807, 2.05) is 19.9 Å². The van der Waals surface area contributed by atoms with Gasteiger partial charge >= 0.3 is 0 Å². The zero-order valence-corrected chi connectivity index (χ0v) is 11.8. The van der Waals surface area contributed by atoms with Crippen molar-refractivity contribution in [1.29, 1.82) is 0 Å². The van der Waals surface area contributed by atoms with Gasteiger partial charge in [0.2, 0.25) is 5.91 Å². The van der Waals surface area contributed by atoms with Crippen LogP contribution in [0.5, 0.6) is 0 Å². The molecular weight excluding hydrogens is 254 g/mol. The summed E-state index contributed by atoms with van der Waals surface area (Å²) in [7, 11) is 0. The highest BCUT2D eigenvalue weighted by Crippen LogP contribution is 2.24. The number of carbonyl (C=O) groups is 1. The SMILES string of the molecule is CCc1cc(NC(=O)C2CCc3nc(C)[nH]c3C2)n[nH]1. The van der Waals surface area contributed by atoms with Crippen molar-refractivity contribution in [2.45, 2.75) is 39.5 Å². The highest BCUT2D eigenvalue weighted by Gasteiger charge is 2.27. The maximum Gasteiger partial charge on any atom is 0.229 e. The second kappa shape index (κ2) is 5.11. The first-order chi connectivity index (χ1) is 9.65. The molecule has 0 aromatic carbocycles. The molecule has 6 heteroatoms. The molecule has 0 spiro atoms. The first-order valence-corrected chi connectivity index (χ1v) is 7.05. The number of fused-ring (bicyclic) bond motifs is 1. The Hall–Kier alpha value is -2.11. The quantitative estimate of drug-likeness (QED) is 0.796. The second-order valence-corrected chi connectivity index (χ2v) is 5.31. The van der Waals surface area contributed by atoms with Gasteiger partial charge in [0.1, 0.15) is 5.82 Å². The number of nitrogens with one attached hydrogen (secondary N) is 3. The first kappa shape index (κ1) is 12.9. The van der Waals surface area contributed by atoms with Crippen molar-refractivity contribution in [1.82, 2.24) is 20.2 Å². The molecule has 0 aliphatic heterocycles. The summed E-state index contributed by atoms with van der Waals surface area (Å²) in [6, 6.07) is 1.88. The lowest BCUT2D eigenvalue weighted by molar-refractivity contribution is -0.120. The molecule has 3 rings (SSSR count). The zero-order chi connectivity index (χ0) is 14.1. The molecule has 1 unspecified atom stereocenters. The smallest absolute Gasteiger partial charge is 0.229 e. The number of amides is 1. The molecule has 1 aliphatic carbocycles. The summed E-state index contributed by atoms with van der Waals surface area (Å²) in [6.45, 7) is 3.99. The Morgan fingerprint density at radius 1 is 1.55 bits per heavy atom. The van der Waals surface area contributed by atoms with Crippen molar-refractivity contribution in [3.05, 3.63) is 29.0 Å². The number of imidazole rings is 1. The van der Waals surface area contributed by atoms with E-state index in [1.54, 1.807) is 0 Å². The normalized spacial score (nSPS) is 17.8. The highest BCUT2D eigenvalue weighted by molar-refractivity contribution is 5.92. The molecule has 1 atom stereocenters. The number of aromatic amines is 2. The van der Waals surface area contributed by atoms with Gasteiger partial charge in [-0.25, -0.2) is 4.98 Å². The van der Waals surface area contributed by atoms with E-state index in [4.69, 9.17) is 0 Å². The third-order valence-electron chi connectivity index (χ3n) is 3.80. The average Bonchev–Trinajstić information content (AvgIpc) is 3.02. The number of hydrogen-bond donors (Lipinski definition) is 3. The van der Waals surface area contributed by atoms with E-state index >= 15 is 0 Å². The molecule has 6 nitrogen and oxygen atoms in total. The van der Waals surface area contributed by atoms with Crippen molar-refractivity contribution in [2.24, 2.45) is 5.92 Å². The molecule has 1 amide bonds. The fourth-order valence-corrected chi connectivity index (χ4v) is 2.68. The van der Waals surface area contributed by atoms with E-state index < -0.39 is 0 Å². The number of nitrogens with zero attached hydrogens (tertiary/aromatic N) is 2. The minimum Gasteiger partial charge on any atom is -0.346 e. The van der Waals surface area contributed by atoms with Crippen LogP contribution in [0.1, 0.15) is 36.3 Å². The Labute approximate surface area is 117 Å². The van der Waals surface area contributed by atoms with Gasteiger partial charge in [0.15, 0.2) is 5.82 Å². The second-order valence-electron chi connectivity index (χ2n) is 5.31. The lowest BCUT2D eigenvalue weighted by Gasteiger charge is -2.19. The third-order valence-corrected chi connectivity index (χ3v) is 3.80. The van der Waals surface area contributed by atoms with Gasteiger partial charge < -0.3 is 10.3 Å². The monoisotopic (exact) mass is 273 g/mol. The van der Waals surface area contributed by atoms with Gasteiger partial charge in [-0.3, -0.25) is 9.89 Å². The van der Waals surface area contributed by atoms with Gasteiger partial charge in [-0.05, 0) is 26.2 Å². The predicted octanol–water partition coefficient (Wildman–Crippen LogP) is 1.75. The van der Waals surface area contributed by atoms with E-state index in [2.05, 4.69) is 25.5 Å². The van der Waals surface area contributed by atoms with Gasteiger partial charge in [0, 0.05) is 29.8 Å². The lowest BCUT2D eigenvalue weighted by atomic mass is 9.89. The topological polar surface area (TPSA) is 86.5 Å². The summed E-state index contributed by atoms with van der Waals surface area (Å²) in [5, 5.41) is 9.88. The molecule has 0 bridgehead atoms. The van der Waals surface area contributed by atoms with Crippen molar-refractivity contribution in [3.8, 4) is 0 Å². The molecule has 2 aromatic heterocycles. The van der Waals surface area contributed by atoms with E-state index in [0.29, 0.717) is 5.82 Å². The Morgan fingerprint density at radius 2 is 2.40 bits per heavy atom. The van der Waals surface area contributed by atoms with Crippen LogP contribution in [0, 0.1) is 12.8 Å². The van der Waals surface area contributed by atoms with Crippen molar-refractivity contribution >= 4 is 11.7 Å². The Bertz CT molecular complexity index is 627. The minimum absolute atomic E-state index is 0.0101. The summed E-state index contributed by atoms with van der Waals surface area (Å²) in [4.78, 5) is 20.0. The van der Waals surface area contributed by atoms with Crippen molar-refractivity contribution in [3.63, 3.8) is 0 Å². The number of H-pyrrole nitrogens is 2. The van der Waals surface area contributed by atoms with Crippen LogP contribution in [0.4, 0.5) is 5.82 Å². The van der Waals surface area contributed by atoms with Gasteiger partial charge in [-0.2, -0.15) is 5.10 Å². The molecule has 0 saturated heterocycles. The molecule has 0 radical (unpaired) electrons. The van der Waals surface area contributed by atoms with E-state index in [0.717, 1.165) is 48.6 Å². The maximum absolute atomic E-state index is 12.3. The van der Waals surface area contributed by atoms with E-state index in [9.17, 15) is 4.79 Å². The highest BCUT2D eigenvalue weighted by atomic mass is 16.1. The van der Waals surface area contributed by atoms with E-state index in [1.165, 1.54) is 0 Å². The molecule has 0 saturated carbocycles. The number of hydrogen-bond acceptors (Lipinski definition) is 3. The van der Waals surface area contributed by atoms with Gasteiger partial charge in [-0.15, -0.1) is 0 Å². The lowest BCUT2D eigenvalue weighted by Crippen LogP contribution is -2.28. The number of rotatable bonds is 3. The van der Waals surface area contributed by atoms with Crippen LogP contribution in [0.15, 0.2) is 6.07 Å². The number of anilines is 1. The summed E-state index contributed by atoms with van der Waals surface area (Å²) in [5.41, 5.74) is 3.24. The van der Waals surface area contributed by atoms with Crippen LogP contribution in [0.2, 0.25) is 0 Å². The minimum atomic E-state index is -0.0101. The van der Waals surface area contributed by atoms with Gasteiger partial charge in [-0.1, -0.05) is 6.92 Å². The standard InChI is InChI=1S/C14H19N5O/c1-3-10-7-13(19-18-10)17-14(20)9-4-5-11-12(6-9)16-8(2)15-11/h7,9H,3-6H2,1-2H3,(H,15,16)(H2,17,18,19,20). The fourth-order valence-electron chi connectivity index (χ4n) is 2.68. The van der Waals surface area contributed by atoms with Crippen LogP contribution in [-0.2, 0) is 24.1 Å². The summed E-state index contributed by atoms with van der Waals surface area (Å²) in [6.07, 6.45) is 3.31. The molecule has 106 valence electrons. The number of carbonyl (C=O) groups excluding carboxylic acids is 1. The molecule has 2 aromatic rings. The summed E-state index contributed by atoms with van der Waals surface area (Å²) < 4.78 is 0. The molecule has 3 N–H and O–H groups in total. The molecular formula is C14H19N5O. The molecule has 0 fully saturated rings. The zero-order valence-electron chi connectivity index (χ0n) is 11.8. The molecule has 2 heterocycles. The predicted molar refractivity (Wildman–Crippen MR) is 75.4 cm³/mol. The van der Waals surface area contributed by atoms with Crippen molar-refractivity contribution < 1.29 is 4.79 Å². The van der Waals surface area contributed by atoms with Crippen molar-refractivity contribution in [2.75, 3.05) is 5.32 Å². The van der Waals surface area contributed by atoms with Crippen LogP contribution in [0.3, 0.4) is 0 Å². The number of aryl methyl sites for hydroxylation is 3. The Morgan fingerprint density at radius 3 is 3.15 bits per heavy atom. The summed E-state index contributed by atoms with van der Waals surface area (Å²) >= 11 is 0. The Kier molecular flexibility index (Phi) is 3.30. The van der Waals surface area contributed by atoms with Gasteiger partial charge in [0.25, 0.3) is 0 Å². The fraction of sp³-hybridized carbons (Fsp3) is 0.500. The van der Waals surface area contributed by atoms with Crippen LogP contribution >= 0.6 is 0 Å². The van der Waals surface area contributed by atoms with Crippen LogP contribution in [0.25, 0.3) is 0 Å². The maximum atomic E-state index is 12.3. The molecule has 20 heavy (non-hydrogen) atoms. The largest absolute Gasteiger partial charge is 0.346 e. The average molecular weight is 273 g/mol. The number of aromatic nitrogens is 4.